The van der Waals surface area contributed by atoms with Gasteiger partial charge in [0.25, 0.3) is 0 Å². The summed E-state index contributed by atoms with van der Waals surface area (Å²) in [5.74, 6) is 1.64. The second-order valence-electron chi connectivity index (χ2n) is 5.91. The average molecular weight is 297 g/mol. The second kappa shape index (κ2) is 7.30. The van der Waals surface area contributed by atoms with E-state index in [9.17, 15) is 0 Å². The minimum Gasteiger partial charge on any atom is -0.496 e. The van der Waals surface area contributed by atoms with Gasteiger partial charge in [-0.15, -0.1) is 0 Å². The number of methoxy groups -OCH3 is 1. The largest absolute Gasteiger partial charge is 0.496 e. The van der Waals surface area contributed by atoms with Gasteiger partial charge in [0.1, 0.15) is 5.75 Å². The van der Waals surface area contributed by atoms with Crippen LogP contribution in [0.5, 0.6) is 5.75 Å². The molecule has 1 saturated heterocycles. The van der Waals surface area contributed by atoms with Gasteiger partial charge >= 0.3 is 0 Å². The van der Waals surface area contributed by atoms with Crippen molar-refractivity contribution < 1.29 is 4.74 Å². The van der Waals surface area contributed by atoms with Crippen molar-refractivity contribution in [3.8, 4) is 5.75 Å². The number of piperazine rings is 1. The molecule has 112 valence electrons. The van der Waals surface area contributed by atoms with Gasteiger partial charge in [0.05, 0.1) is 7.11 Å². The smallest absolute Gasteiger partial charge is 0.123 e. The summed E-state index contributed by atoms with van der Waals surface area (Å²) in [6.45, 7) is 8.67. The van der Waals surface area contributed by atoms with Crippen LogP contribution in [0.4, 0.5) is 0 Å². The van der Waals surface area contributed by atoms with Gasteiger partial charge in [-0.3, -0.25) is 4.90 Å². The summed E-state index contributed by atoms with van der Waals surface area (Å²) in [4.78, 5) is 2.55. The lowest BCUT2D eigenvalue weighted by Gasteiger charge is -2.37. The molecule has 1 fully saturated rings. The normalized spacial score (nSPS) is 20.4. The summed E-state index contributed by atoms with van der Waals surface area (Å²) in [6.07, 6.45) is 1.22. The van der Waals surface area contributed by atoms with Crippen molar-refractivity contribution in [3.63, 3.8) is 0 Å². The van der Waals surface area contributed by atoms with Crippen LogP contribution in [0.15, 0.2) is 18.2 Å². The van der Waals surface area contributed by atoms with Crippen LogP contribution in [-0.4, -0.2) is 37.7 Å². The first kappa shape index (κ1) is 15.6. The number of rotatable bonds is 5. The Kier molecular flexibility index (Phi) is 5.70. The van der Waals surface area contributed by atoms with E-state index in [0.717, 1.165) is 37.0 Å². The molecule has 1 aromatic carbocycles. The van der Waals surface area contributed by atoms with Gasteiger partial charge in [0, 0.05) is 42.8 Å². The Morgan fingerprint density at radius 2 is 2.25 bits per heavy atom. The summed E-state index contributed by atoms with van der Waals surface area (Å²) >= 11 is 6.13. The highest BCUT2D eigenvalue weighted by Crippen LogP contribution is 2.26. The average Bonchev–Trinajstić information content (AvgIpc) is 2.41. The number of hydrogen-bond donors (Lipinski definition) is 1. The molecule has 2 rings (SSSR count). The van der Waals surface area contributed by atoms with E-state index in [2.05, 4.69) is 24.1 Å². The molecule has 0 amide bonds. The Balaban J connectivity index is 2.11. The summed E-state index contributed by atoms with van der Waals surface area (Å²) in [5, 5.41) is 4.27. The summed E-state index contributed by atoms with van der Waals surface area (Å²) < 4.78 is 5.46. The first-order chi connectivity index (χ1) is 9.60. The third kappa shape index (κ3) is 4.11. The fraction of sp³-hybridized carbons (Fsp3) is 0.625. The van der Waals surface area contributed by atoms with Crippen LogP contribution in [0, 0.1) is 5.92 Å². The van der Waals surface area contributed by atoms with Gasteiger partial charge in [-0.2, -0.15) is 0 Å². The Morgan fingerprint density at radius 3 is 2.95 bits per heavy atom. The molecule has 1 aliphatic heterocycles. The molecule has 0 aromatic heterocycles. The SMILES string of the molecule is COc1ccc(Cl)cc1CN1CCNCC1CC(C)C. The van der Waals surface area contributed by atoms with Crippen LogP contribution in [0.1, 0.15) is 25.8 Å². The van der Waals surface area contributed by atoms with E-state index in [-0.39, 0.29) is 0 Å². The zero-order chi connectivity index (χ0) is 14.5. The Hall–Kier alpha value is -0.770. The van der Waals surface area contributed by atoms with E-state index in [1.807, 2.05) is 18.2 Å². The number of ether oxygens (including phenoxy) is 1. The first-order valence-corrected chi connectivity index (χ1v) is 7.75. The van der Waals surface area contributed by atoms with Crippen LogP contribution < -0.4 is 10.1 Å². The summed E-state index contributed by atoms with van der Waals surface area (Å²) in [6, 6.07) is 6.45. The Bertz CT molecular complexity index is 436. The van der Waals surface area contributed by atoms with Crippen molar-refractivity contribution >= 4 is 11.6 Å². The third-order valence-electron chi connectivity index (χ3n) is 3.83. The van der Waals surface area contributed by atoms with Crippen molar-refractivity contribution in [1.82, 2.24) is 10.2 Å². The van der Waals surface area contributed by atoms with E-state index in [1.165, 1.54) is 12.0 Å². The van der Waals surface area contributed by atoms with Gasteiger partial charge < -0.3 is 10.1 Å². The van der Waals surface area contributed by atoms with Crippen LogP contribution in [0.25, 0.3) is 0 Å². The molecule has 1 aromatic rings. The van der Waals surface area contributed by atoms with E-state index in [4.69, 9.17) is 16.3 Å². The molecule has 20 heavy (non-hydrogen) atoms. The molecule has 1 heterocycles. The Morgan fingerprint density at radius 1 is 1.45 bits per heavy atom. The van der Waals surface area contributed by atoms with Crippen LogP contribution in [0.3, 0.4) is 0 Å². The molecule has 0 radical (unpaired) electrons. The van der Waals surface area contributed by atoms with Gasteiger partial charge in [0.15, 0.2) is 0 Å². The van der Waals surface area contributed by atoms with Crippen LogP contribution >= 0.6 is 11.6 Å². The topological polar surface area (TPSA) is 24.5 Å². The van der Waals surface area contributed by atoms with Gasteiger partial charge in [-0.1, -0.05) is 25.4 Å². The number of nitrogens with zero attached hydrogens (tertiary/aromatic N) is 1. The zero-order valence-corrected chi connectivity index (χ0v) is 13.4. The standard InChI is InChI=1S/C16H25ClN2O/c1-12(2)8-15-10-18-6-7-19(15)11-13-9-14(17)4-5-16(13)20-3/h4-5,9,12,15,18H,6-8,10-11H2,1-3H3. The predicted molar refractivity (Wildman–Crippen MR) is 84.5 cm³/mol. The van der Waals surface area contributed by atoms with Gasteiger partial charge in [-0.25, -0.2) is 0 Å². The molecule has 1 aliphatic rings. The minimum absolute atomic E-state index is 0.590. The number of benzene rings is 1. The molecule has 0 aliphatic carbocycles. The number of hydrogen-bond acceptors (Lipinski definition) is 3. The zero-order valence-electron chi connectivity index (χ0n) is 12.7. The molecule has 4 heteroatoms. The van der Waals surface area contributed by atoms with Gasteiger partial charge in [0.2, 0.25) is 0 Å². The molecule has 1 unspecified atom stereocenters. The predicted octanol–water partition coefficient (Wildman–Crippen LogP) is 3.17. The van der Waals surface area contributed by atoms with Gasteiger partial charge in [-0.05, 0) is 30.5 Å². The number of halogens is 1. The maximum Gasteiger partial charge on any atom is 0.123 e. The highest BCUT2D eigenvalue weighted by molar-refractivity contribution is 6.30. The maximum absolute atomic E-state index is 6.13. The molecular weight excluding hydrogens is 272 g/mol. The molecule has 1 atom stereocenters. The summed E-state index contributed by atoms with van der Waals surface area (Å²) in [5.41, 5.74) is 1.18. The van der Waals surface area contributed by atoms with E-state index < -0.39 is 0 Å². The quantitative estimate of drug-likeness (QED) is 0.903. The minimum atomic E-state index is 0.590. The fourth-order valence-corrected chi connectivity index (χ4v) is 3.07. The molecule has 0 saturated carbocycles. The highest BCUT2D eigenvalue weighted by atomic mass is 35.5. The molecule has 3 nitrogen and oxygen atoms in total. The van der Waals surface area contributed by atoms with Crippen molar-refractivity contribution in [2.75, 3.05) is 26.7 Å². The monoisotopic (exact) mass is 296 g/mol. The Labute approximate surface area is 127 Å². The molecule has 0 spiro atoms. The highest BCUT2D eigenvalue weighted by Gasteiger charge is 2.23. The van der Waals surface area contributed by atoms with E-state index in [1.54, 1.807) is 7.11 Å². The molecule has 0 bridgehead atoms. The van der Waals surface area contributed by atoms with Crippen LogP contribution in [0.2, 0.25) is 5.02 Å². The van der Waals surface area contributed by atoms with E-state index in [0.29, 0.717) is 12.0 Å². The lowest BCUT2D eigenvalue weighted by atomic mass is 10.00. The third-order valence-corrected chi connectivity index (χ3v) is 4.07. The number of nitrogens with one attached hydrogen (secondary N) is 1. The van der Waals surface area contributed by atoms with Crippen molar-refractivity contribution in [2.24, 2.45) is 5.92 Å². The molecular formula is C16H25ClN2O. The molecule has 1 N–H and O–H groups in total. The lowest BCUT2D eigenvalue weighted by molar-refractivity contribution is 0.133. The fourth-order valence-electron chi connectivity index (χ4n) is 2.88. The van der Waals surface area contributed by atoms with Crippen molar-refractivity contribution in [3.05, 3.63) is 28.8 Å². The van der Waals surface area contributed by atoms with E-state index >= 15 is 0 Å². The van der Waals surface area contributed by atoms with Crippen LogP contribution in [-0.2, 0) is 6.54 Å². The lowest BCUT2D eigenvalue weighted by Crippen LogP contribution is -2.51. The summed E-state index contributed by atoms with van der Waals surface area (Å²) in [7, 11) is 1.72. The first-order valence-electron chi connectivity index (χ1n) is 7.37. The van der Waals surface area contributed by atoms with Crippen molar-refractivity contribution in [1.29, 1.82) is 0 Å². The van der Waals surface area contributed by atoms with Crippen molar-refractivity contribution in [2.45, 2.75) is 32.9 Å². The maximum atomic E-state index is 6.13. The second-order valence-corrected chi connectivity index (χ2v) is 6.35.